The van der Waals surface area contributed by atoms with Crippen molar-refractivity contribution in [3.05, 3.63) is 29.6 Å². The minimum atomic E-state index is -0.286. The molecule has 0 bridgehead atoms. The van der Waals surface area contributed by atoms with Crippen LogP contribution in [0.25, 0.3) is 0 Å². The van der Waals surface area contributed by atoms with E-state index in [9.17, 15) is 4.39 Å². The smallest absolute Gasteiger partial charge is 0.165 e. The molecule has 1 aromatic rings. The summed E-state index contributed by atoms with van der Waals surface area (Å²) >= 11 is 0. The van der Waals surface area contributed by atoms with E-state index in [0.717, 1.165) is 12.0 Å². The Morgan fingerprint density at radius 1 is 1.27 bits per heavy atom. The first-order chi connectivity index (χ1) is 7.13. The predicted octanol–water partition coefficient (Wildman–Crippen LogP) is 4.20. The Morgan fingerprint density at radius 3 is 2.33 bits per heavy atom. The van der Waals surface area contributed by atoms with Gasteiger partial charge in [-0.1, -0.05) is 26.8 Å². The second-order valence-electron chi connectivity index (χ2n) is 3.28. The van der Waals surface area contributed by atoms with Crippen LogP contribution in [0.3, 0.4) is 0 Å². The molecule has 0 aliphatic carbocycles. The Labute approximate surface area is 92.3 Å². The number of benzene rings is 1. The molecule has 0 unspecified atom stereocenters. The van der Waals surface area contributed by atoms with Crippen LogP contribution in [0.15, 0.2) is 18.2 Å². The van der Waals surface area contributed by atoms with Crippen molar-refractivity contribution in [3.8, 4) is 5.75 Å². The molecule has 1 rings (SSSR count). The van der Waals surface area contributed by atoms with Gasteiger partial charge >= 0.3 is 0 Å². The highest BCUT2D eigenvalue weighted by molar-refractivity contribution is 5.30. The van der Waals surface area contributed by atoms with E-state index in [4.69, 9.17) is 4.74 Å². The SMILES string of the molecule is CC.CCc1ccc(F)c(OC(C)C)c1. The monoisotopic (exact) mass is 212 g/mol. The summed E-state index contributed by atoms with van der Waals surface area (Å²) in [7, 11) is 0. The van der Waals surface area contributed by atoms with Crippen LogP contribution in [0.4, 0.5) is 4.39 Å². The van der Waals surface area contributed by atoms with Crippen molar-refractivity contribution in [2.24, 2.45) is 0 Å². The third kappa shape index (κ3) is 4.82. The Morgan fingerprint density at radius 2 is 1.87 bits per heavy atom. The van der Waals surface area contributed by atoms with Crippen molar-refractivity contribution in [1.29, 1.82) is 0 Å². The van der Waals surface area contributed by atoms with Crippen LogP contribution < -0.4 is 4.74 Å². The van der Waals surface area contributed by atoms with E-state index in [-0.39, 0.29) is 11.9 Å². The van der Waals surface area contributed by atoms with E-state index in [1.807, 2.05) is 34.6 Å². The molecule has 0 saturated heterocycles. The van der Waals surface area contributed by atoms with Crippen LogP contribution in [0.2, 0.25) is 0 Å². The largest absolute Gasteiger partial charge is 0.488 e. The fourth-order valence-electron chi connectivity index (χ4n) is 1.11. The summed E-state index contributed by atoms with van der Waals surface area (Å²) in [6.07, 6.45) is 0.913. The lowest BCUT2D eigenvalue weighted by Crippen LogP contribution is -2.07. The molecule has 0 amide bonds. The van der Waals surface area contributed by atoms with Crippen molar-refractivity contribution in [1.82, 2.24) is 0 Å². The zero-order valence-corrected chi connectivity index (χ0v) is 10.3. The lowest BCUT2D eigenvalue weighted by atomic mass is 10.1. The highest BCUT2D eigenvalue weighted by atomic mass is 19.1. The molecule has 1 nitrogen and oxygen atoms in total. The number of rotatable bonds is 3. The first kappa shape index (κ1) is 13.9. The van der Waals surface area contributed by atoms with Gasteiger partial charge in [0, 0.05) is 0 Å². The molecule has 0 heterocycles. The van der Waals surface area contributed by atoms with Gasteiger partial charge in [0.2, 0.25) is 0 Å². The van der Waals surface area contributed by atoms with Crippen LogP contribution in [0.5, 0.6) is 5.75 Å². The number of hydrogen-bond donors (Lipinski definition) is 0. The van der Waals surface area contributed by atoms with Crippen LogP contribution in [-0.4, -0.2) is 6.10 Å². The fraction of sp³-hybridized carbons (Fsp3) is 0.538. The van der Waals surface area contributed by atoms with Crippen molar-refractivity contribution in [2.45, 2.75) is 47.1 Å². The average molecular weight is 212 g/mol. The molecule has 2 heteroatoms. The summed E-state index contributed by atoms with van der Waals surface area (Å²) in [5, 5.41) is 0. The van der Waals surface area contributed by atoms with E-state index in [1.165, 1.54) is 6.07 Å². The minimum Gasteiger partial charge on any atom is -0.488 e. The number of halogens is 1. The predicted molar refractivity (Wildman–Crippen MR) is 62.9 cm³/mol. The Bertz CT molecular complexity index is 282. The highest BCUT2D eigenvalue weighted by Crippen LogP contribution is 2.20. The lowest BCUT2D eigenvalue weighted by molar-refractivity contribution is 0.231. The topological polar surface area (TPSA) is 9.23 Å². The molecule has 0 aromatic heterocycles. The van der Waals surface area contributed by atoms with Crippen molar-refractivity contribution in [2.75, 3.05) is 0 Å². The molecular formula is C13H21FO. The van der Waals surface area contributed by atoms with Crippen molar-refractivity contribution in [3.63, 3.8) is 0 Å². The normalized spacial score (nSPS) is 9.53. The third-order valence-corrected chi connectivity index (χ3v) is 1.77. The Kier molecular flexibility index (Phi) is 6.76. The first-order valence-electron chi connectivity index (χ1n) is 5.58. The molecule has 0 atom stereocenters. The first-order valence-corrected chi connectivity index (χ1v) is 5.58. The van der Waals surface area contributed by atoms with Gasteiger partial charge in [0.05, 0.1) is 6.10 Å². The third-order valence-electron chi connectivity index (χ3n) is 1.77. The van der Waals surface area contributed by atoms with Crippen LogP contribution in [-0.2, 0) is 6.42 Å². The molecule has 0 saturated carbocycles. The summed E-state index contributed by atoms with van der Waals surface area (Å²) in [4.78, 5) is 0. The fourth-order valence-corrected chi connectivity index (χ4v) is 1.11. The lowest BCUT2D eigenvalue weighted by Gasteiger charge is -2.11. The summed E-state index contributed by atoms with van der Waals surface area (Å²) in [5.41, 5.74) is 1.09. The van der Waals surface area contributed by atoms with Gasteiger partial charge in [-0.05, 0) is 38.0 Å². The molecule has 0 N–H and O–H groups in total. The molecule has 15 heavy (non-hydrogen) atoms. The highest BCUT2D eigenvalue weighted by Gasteiger charge is 2.05. The molecule has 0 aliphatic rings. The molecule has 0 fully saturated rings. The molecule has 0 radical (unpaired) electrons. The average Bonchev–Trinajstić information content (AvgIpc) is 2.23. The summed E-state index contributed by atoms with van der Waals surface area (Å²) in [6.45, 7) is 9.81. The Hall–Kier alpha value is -1.05. The summed E-state index contributed by atoms with van der Waals surface area (Å²) < 4.78 is 18.5. The van der Waals surface area contributed by atoms with E-state index >= 15 is 0 Å². The maximum atomic E-state index is 13.1. The van der Waals surface area contributed by atoms with Crippen molar-refractivity contribution < 1.29 is 9.13 Å². The van der Waals surface area contributed by atoms with E-state index in [1.54, 1.807) is 12.1 Å². The second-order valence-corrected chi connectivity index (χ2v) is 3.28. The maximum absolute atomic E-state index is 13.1. The van der Waals surface area contributed by atoms with Gasteiger partial charge in [0.25, 0.3) is 0 Å². The quantitative estimate of drug-likeness (QED) is 0.729. The number of hydrogen-bond acceptors (Lipinski definition) is 1. The van der Waals surface area contributed by atoms with E-state index < -0.39 is 0 Å². The number of aryl methyl sites for hydroxylation is 1. The van der Waals surface area contributed by atoms with E-state index in [0.29, 0.717) is 5.75 Å². The Balaban J connectivity index is 0.000000921. The van der Waals surface area contributed by atoms with Gasteiger partial charge in [-0.3, -0.25) is 0 Å². The van der Waals surface area contributed by atoms with Gasteiger partial charge in [0.15, 0.2) is 11.6 Å². The summed E-state index contributed by atoms with van der Waals surface area (Å²) in [6, 6.07) is 4.99. The van der Waals surface area contributed by atoms with E-state index in [2.05, 4.69) is 0 Å². The zero-order chi connectivity index (χ0) is 11.8. The van der Waals surface area contributed by atoms with Crippen molar-refractivity contribution >= 4 is 0 Å². The zero-order valence-electron chi connectivity index (χ0n) is 10.3. The minimum absolute atomic E-state index is 0.0154. The second kappa shape index (κ2) is 7.27. The molecular weight excluding hydrogens is 191 g/mol. The van der Waals surface area contributed by atoms with Crippen LogP contribution in [0, 0.1) is 5.82 Å². The van der Waals surface area contributed by atoms with Gasteiger partial charge < -0.3 is 4.74 Å². The van der Waals surface area contributed by atoms with Crippen LogP contribution >= 0.6 is 0 Å². The van der Waals surface area contributed by atoms with Gasteiger partial charge in [-0.25, -0.2) is 4.39 Å². The van der Waals surface area contributed by atoms with Crippen LogP contribution in [0.1, 0.15) is 40.2 Å². The van der Waals surface area contributed by atoms with Gasteiger partial charge in [-0.15, -0.1) is 0 Å². The number of ether oxygens (including phenoxy) is 1. The maximum Gasteiger partial charge on any atom is 0.165 e. The molecule has 86 valence electrons. The van der Waals surface area contributed by atoms with Gasteiger partial charge in [0.1, 0.15) is 0 Å². The van der Waals surface area contributed by atoms with Gasteiger partial charge in [-0.2, -0.15) is 0 Å². The summed E-state index contributed by atoms with van der Waals surface area (Å²) in [5.74, 6) is 0.0697. The molecule has 0 spiro atoms. The molecule has 1 aromatic carbocycles. The standard InChI is InChI=1S/C11H15FO.C2H6/c1-4-9-5-6-10(12)11(7-9)13-8(2)3;1-2/h5-8H,4H2,1-3H3;1-2H3. The molecule has 0 aliphatic heterocycles.